The Balaban J connectivity index is 2.58. The van der Waals surface area contributed by atoms with Crippen molar-refractivity contribution in [1.29, 1.82) is 0 Å². The highest BCUT2D eigenvalue weighted by Crippen LogP contribution is 2.19. The summed E-state index contributed by atoms with van der Waals surface area (Å²) in [7, 11) is 0. The van der Waals surface area contributed by atoms with Crippen molar-refractivity contribution in [2.75, 3.05) is 13.1 Å². The van der Waals surface area contributed by atoms with Crippen LogP contribution in [0.4, 0.5) is 0 Å². The fourth-order valence-electron chi connectivity index (χ4n) is 1.63. The molecule has 1 aromatic rings. The quantitative estimate of drug-likeness (QED) is 0.788. The van der Waals surface area contributed by atoms with Gasteiger partial charge in [-0.05, 0) is 32.4 Å². The Morgan fingerprint density at radius 1 is 1.32 bits per heavy atom. The summed E-state index contributed by atoms with van der Waals surface area (Å²) in [6.45, 7) is 7.14. The Labute approximate surface area is 115 Å². The lowest BCUT2D eigenvalue weighted by Gasteiger charge is -2.14. The maximum atomic E-state index is 11.9. The highest BCUT2D eigenvalue weighted by molar-refractivity contribution is 5.79. The van der Waals surface area contributed by atoms with Gasteiger partial charge >= 0.3 is 0 Å². The number of hydrogen-bond donors (Lipinski definition) is 2. The summed E-state index contributed by atoms with van der Waals surface area (Å²) < 4.78 is 5.69. The van der Waals surface area contributed by atoms with Crippen molar-refractivity contribution in [3.63, 3.8) is 0 Å². The molecule has 1 atom stereocenters. The molecule has 0 aliphatic rings. The van der Waals surface area contributed by atoms with Crippen LogP contribution in [0, 0.1) is 5.92 Å². The topological polar surface area (TPSA) is 64.3 Å². The lowest BCUT2D eigenvalue weighted by Crippen LogP contribution is -2.32. The molecule has 1 unspecified atom stereocenters. The molecule has 1 rings (SSSR count). The number of carbonyl (C=O) groups is 1. The Kier molecular flexibility index (Phi) is 6.36. The fraction of sp³-hybridized carbons (Fsp3) is 0.533. The highest BCUT2D eigenvalue weighted by Gasteiger charge is 2.10. The van der Waals surface area contributed by atoms with Crippen molar-refractivity contribution in [3.8, 4) is 5.75 Å². The predicted octanol–water partition coefficient (Wildman–Crippen LogP) is 1.73. The van der Waals surface area contributed by atoms with E-state index in [9.17, 15) is 4.79 Å². The van der Waals surface area contributed by atoms with E-state index < -0.39 is 0 Å². The van der Waals surface area contributed by atoms with Crippen LogP contribution in [0.25, 0.3) is 0 Å². The molecule has 0 heterocycles. The molecule has 0 aliphatic carbocycles. The SMILES string of the molecule is CC(CN)CNC(=O)Cc1ccccc1OC(C)C. The number of para-hydroxylation sites is 1. The van der Waals surface area contributed by atoms with Gasteiger partial charge in [-0.1, -0.05) is 25.1 Å². The van der Waals surface area contributed by atoms with Crippen molar-refractivity contribution in [3.05, 3.63) is 29.8 Å². The molecule has 0 bridgehead atoms. The monoisotopic (exact) mass is 264 g/mol. The van der Waals surface area contributed by atoms with Gasteiger partial charge in [-0.2, -0.15) is 0 Å². The standard InChI is InChI=1S/C15H24N2O2/c1-11(2)19-14-7-5-4-6-13(14)8-15(18)17-10-12(3)9-16/h4-7,11-12H,8-10,16H2,1-3H3,(H,17,18). The van der Waals surface area contributed by atoms with E-state index in [1.807, 2.05) is 45.0 Å². The molecule has 0 spiro atoms. The zero-order valence-corrected chi connectivity index (χ0v) is 12.0. The zero-order valence-electron chi connectivity index (χ0n) is 12.0. The van der Waals surface area contributed by atoms with Crippen molar-refractivity contribution in [1.82, 2.24) is 5.32 Å². The smallest absolute Gasteiger partial charge is 0.224 e. The van der Waals surface area contributed by atoms with E-state index in [-0.39, 0.29) is 12.0 Å². The van der Waals surface area contributed by atoms with Gasteiger partial charge in [0, 0.05) is 12.1 Å². The van der Waals surface area contributed by atoms with Gasteiger partial charge in [-0.15, -0.1) is 0 Å². The maximum absolute atomic E-state index is 11.9. The van der Waals surface area contributed by atoms with Crippen LogP contribution in [-0.4, -0.2) is 25.1 Å². The minimum absolute atomic E-state index is 0.0000983. The first-order valence-electron chi connectivity index (χ1n) is 6.74. The van der Waals surface area contributed by atoms with Crippen LogP contribution in [0.2, 0.25) is 0 Å². The minimum atomic E-state index is 0.0000983. The van der Waals surface area contributed by atoms with E-state index in [2.05, 4.69) is 5.32 Å². The van der Waals surface area contributed by atoms with E-state index in [4.69, 9.17) is 10.5 Å². The van der Waals surface area contributed by atoms with Crippen LogP contribution in [0.3, 0.4) is 0 Å². The minimum Gasteiger partial charge on any atom is -0.491 e. The number of amides is 1. The molecule has 0 saturated heterocycles. The average molecular weight is 264 g/mol. The number of ether oxygens (including phenoxy) is 1. The molecular formula is C15H24N2O2. The summed E-state index contributed by atoms with van der Waals surface area (Å²) in [4.78, 5) is 11.9. The van der Waals surface area contributed by atoms with E-state index in [0.29, 0.717) is 25.4 Å². The average Bonchev–Trinajstić information content (AvgIpc) is 2.37. The van der Waals surface area contributed by atoms with Gasteiger partial charge in [-0.3, -0.25) is 4.79 Å². The first kappa shape index (κ1) is 15.5. The van der Waals surface area contributed by atoms with Crippen molar-refractivity contribution < 1.29 is 9.53 Å². The van der Waals surface area contributed by atoms with Crippen LogP contribution in [0.15, 0.2) is 24.3 Å². The lowest BCUT2D eigenvalue weighted by molar-refractivity contribution is -0.120. The van der Waals surface area contributed by atoms with Crippen molar-refractivity contribution >= 4 is 5.91 Å². The molecule has 1 amide bonds. The fourth-order valence-corrected chi connectivity index (χ4v) is 1.63. The third-order valence-electron chi connectivity index (χ3n) is 2.74. The van der Waals surface area contributed by atoms with Crippen LogP contribution in [0.5, 0.6) is 5.75 Å². The number of nitrogens with one attached hydrogen (secondary N) is 1. The van der Waals surface area contributed by atoms with Gasteiger partial charge < -0.3 is 15.8 Å². The van der Waals surface area contributed by atoms with E-state index in [1.165, 1.54) is 0 Å². The van der Waals surface area contributed by atoms with Gasteiger partial charge in [-0.25, -0.2) is 0 Å². The molecule has 0 aromatic heterocycles. The number of nitrogens with two attached hydrogens (primary N) is 1. The van der Waals surface area contributed by atoms with Gasteiger partial charge in [0.1, 0.15) is 5.75 Å². The molecule has 106 valence electrons. The highest BCUT2D eigenvalue weighted by atomic mass is 16.5. The number of benzene rings is 1. The molecule has 4 nitrogen and oxygen atoms in total. The summed E-state index contributed by atoms with van der Waals surface area (Å²) in [6, 6.07) is 7.64. The summed E-state index contributed by atoms with van der Waals surface area (Å²) in [5, 5.41) is 2.89. The first-order valence-corrected chi connectivity index (χ1v) is 6.74. The third-order valence-corrected chi connectivity index (χ3v) is 2.74. The molecule has 0 radical (unpaired) electrons. The third kappa shape index (κ3) is 5.75. The summed E-state index contributed by atoms with van der Waals surface area (Å²) in [6.07, 6.45) is 0.432. The van der Waals surface area contributed by atoms with Gasteiger partial charge in [0.2, 0.25) is 5.91 Å². The van der Waals surface area contributed by atoms with Crippen molar-refractivity contribution in [2.24, 2.45) is 11.7 Å². The van der Waals surface area contributed by atoms with Gasteiger partial charge in [0.15, 0.2) is 0 Å². The predicted molar refractivity (Wildman–Crippen MR) is 77.1 cm³/mol. The Hall–Kier alpha value is -1.55. The molecule has 19 heavy (non-hydrogen) atoms. The normalized spacial score (nSPS) is 12.3. The Morgan fingerprint density at radius 3 is 2.63 bits per heavy atom. The van der Waals surface area contributed by atoms with E-state index in [0.717, 1.165) is 11.3 Å². The Morgan fingerprint density at radius 2 is 2.00 bits per heavy atom. The molecule has 0 aliphatic heterocycles. The maximum Gasteiger partial charge on any atom is 0.224 e. The molecule has 3 N–H and O–H groups in total. The second-order valence-corrected chi connectivity index (χ2v) is 5.10. The van der Waals surface area contributed by atoms with E-state index >= 15 is 0 Å². The molecule has 0 fully saturated rings. The summed E-state index contributed by atoms with van der Waals surface area (Å²) in [5.41, 5.74) is 6.43. The van der Waals surface area contributed by atoms with Crippen LogP contribution in [0.1, 0.15) is 26.3 Å². The van der Waals surface area contributed by atoms with Crippen molar-refractivity contribution in [2.45, 2.75) is 33.3 Å². The van der Waals surface area contributed by atoms with Gasteiger partial charge in [0.25, 0.3) is 0 Å². The van der Waals surface area contributed by atoms with Crippen LogP contribution < -0.4 is 15.8 Å². The summed E-state index contributed by atoms with van der Waals surface area (Å²) >= 11 is 0. The van der Waals surface area contributed by atoms with Gasteiger partial charge in [0.05, 0.1) is 12.5 Å². The second-order valence-electron chi connectivity index (χ2n) is 5.10. The number of hydrogen-bond acceptors (Lipinski definition) is 3. The molecular weight excluding hydrogens is 240 g/mol. The molecule has 1 aromatic carbocycles. The number of rotatable bonds is 7. The van der Waals surface area contributed by atoms with E-state index in [1.54, 1.807) is 0 Å². The molecule has 0 saturated carbocycles. The largest absolute Gasteiger partial charge is 0.491 e. The number of carbonyl (C=O) groups excluding carboxylic acids is 1. The molecule has 4 heteroatoms. The van der Waals surface area contributed by atoms with Crippen LogP contribution >= 0.6 is 0 Å². The first-order chi connectivity index (χ1) is 9.02. The summed E-state index contributed by atoms with van der Waals surface area (Å²) in [5.74, 6) is 1.07. The lowest BCUT2D eigenvalue weighted by atomic mass is 10.1. The zero-order chi connectivity index (χ0) is 14.3. The Bertz CT molecular complexity index is 405. The second kappa shape index (κ2) is 7.79. The van der Waals surface area contributed by atoms with Crippen LogP contribution in [-0.2, 0) is 11.2 Å².